The normalized spacial score (nSPS) is 21.1. The van der Waals surface area contributed by atoms with Crippen molar-refractivity contribution in [3.63, 3.8) is 0 Å². The minimum absolute atomic E-state index is 0.282. The Balaban J connectivity index is 2.97. The lowest BCUT2D eigenvalue weighted by Gasteiger charge is -2.25. The highest BCUT2D eigenvalue weighted by Crippen LogP contribution is 2.18. The second kappa shape index (κ2) is 4.12. The molecule has 0 aromatic carbocycles. The summed E-state index contributed by atoms with van der Waals surface area (Å²) in [6.07, 6.45) is 2.37. The fourth-order valence-electron chi connectivity index (χ4n) is 1.07. The molecule has 0 aromatic heterocycles. The third-order valence-electron chi connectivity index (χ3n) is 1.84. The van der Waals surface area contributed by atoms with E-state index in [9.17, 15) is 4.79 Å². The zero-order chi connectivity index (χ0) is 10.7. The van der Waals surface area contributed by atoms with Crippen LogP contribution in [-0.2, 0) is 14.3 Å². The lowest BCUT2D eigenvalue weighted by Crippen LogP contribution is -2.44. The van der Waals surface area contributed by atoms with E-state index in [1.54, 1.807) is 0 Å². The van der Waals surface area contributed by atoms with Gasteiger partial charge in [0.2, 0.25) is 0 Å². The third kappa shape index (κ3) is 1.86. The summed E-state index contributed by atoms with van der Waals surface area (Å²) in [5.74, 6) is 5.34. The average Bonchev–Trinajstić information content (AvgIpc) is 2.20. The Morgan fingerprint density at radius 2 is 2.21 bits per heavy atom. The van der Waals surface area contributed by atoms with Crippen molar-refractivity contribution in [2.24, 2.45) is 11.6 Å². The van der Waals surface area contributed by atoms with Crippen molar-refractivity contribution in [1.29, 1.82) is 0 Å². The number of nitrogens with two attached hydrogens (primary N) is 2. The van der Waals surface area contributed by atoms with E-state index in [2.05, 4.69) is 4.74 Å². The average molecular weight is 199 g/mol. The largest absolute Gasteiger partial charge is 0.494 e. The van der Waals surface area contributed by atoms with Crippen LogP contribution in [0, 0.1) is 0 Å². The minimum Gasteiger partial charge on any atom is -0.494 e. The van der Waals surface area contributed by atoms with Crippen LogP contribution in [0.5, 0.6) is 0 Å². The first kappa shape index (κ1) is 10.6. The van der Waals surface area contributed by atoms with Crippen molar-refractivity contribution in [2.75, 3.05) is 14.2 Å². The number of rotatable bonds is 2. The van der Waals surface area contributed by atoms with Gasteiger partial charge in [-0.15, -0.1) is 0 Å². The van der Waals surface area contributed by atoms with Gasteiger partial charge in [0.15, 0.2) is 5.76 Å². The van der Waals surface area contributed by atoms with Crippen LogP contribution in [-0.4, -0.2) is 31.4 Å². The second-order valence-corrected chi connectivity index (χ2v) is 2.71. The lowest BCUT2D eigenvalue weighted by molar-refractivity contribution is -0.136. The number of hydrogen-bond donors (Lipinski definition) is 2. The summed E-state index contributed by atoms with van der Waals surface area (Å²) in [6, 6.07) is 0. The molecule has 1 aliphatic rings. The van der Waals surface area contributed by atoms with Crippen LogP contribution in [0.1, 0.15) is 0 Å². The van der Waals surface area contributed by atoms with Gasteiger partial charge in [0.25, 0.3) is 0 Å². The molecule has 1 aliphatic heterocycles. The fourth-order valence-corrected chi connectivity index (χ4v) is 1.07. The molecule has 0 aliphatic carbocycles. The van der Waals surface area contributed by atoms with Gasteiger partial charge in [-0.3, -0.25) is 5.01 Å². The quantitative estimate of drug-likeness (QED) is 0.440. The van der Waals surface area contributed by atoms with E-state index < -0.39 is 12.1 Å². The number of carbonyl (C=O) groups is 1. The molecule has 0 spiro atoms. The Bertz CT molecular complexity index is 298. The van der Waals surface area contributed by atoms with Gasteiger partial charge in [-0.1, -0.05) is 0 Å². The summed E-state index contributed by atoms with van der Waals surface area (Å²) in [5, 5.41) is 1.24. The highest BCUT2D eigenvalue weighted by molar-refractivity contribution is 5.93. The standard InChI is InChI=1S/C8H13N3O3/c1-13-6-4-11(10)7(9)3-5(6)8(12)14-2/h3-4,7H,9-10H2,1-2H3. The van der Waals surface area contributed by atoms with Crippen LogP contribution < -0.4 is 11.6 Å². The maximum absolute atomic E-state index is 11.3. The monoisotopic (exact) mass is 199 g/mol. The van der Waals surface area contributed by atoms with E-state index in [1.807, 2.05) is 0 Å². The van der Waals surface area contributed by atoms with Crippen molar-refractivity contribution in [3.05, 3.63) is 23.6 Å². The molecule has 0 amide bonds. The third-order valence-corrected chi connectivity index (χ3v) is 1.84. The van der Waals surface area contributed by atoms with Gasteiger partial charge in [-0.25, -0.2) is 10.6 Å². The van der Waals surface area contributed by atoms with E-state index >= 15 is 0 Å². The number of hydrogen-bond acceptors (Lipinski definition) is 6. The minimum atomic E-state index is -0.553. The van der Waals surface area contributed by atoms with Crippen molar-refractivity contribution in [3.8, 4) is 0 Å². The van der Waals surface area contributed by atoms with E-state index in [0.29, 0.717) is 5.76 Å². The first-order valence-electron chi connectivity index (χ1n) is 3.95. The topological polar surface area (TPSA) is 90.8 Å². The lowest BCUT2D eigenvalue weighted by atomic mass is 10.1. The molecule has 0 saturated carbocycles. The Morgan fingerprint density at radius 3 is 2.71 bits per heavy atom. The van der Waals surface area contributed by atoms with Gasteiger partial charge in [-0.05, 0) is 6.08 Å². The fraction of sp³-hybridized carbons (Fsp3) is 0.375. The number of methoxy groups -OCH3 is 2. The highest BCUT2D eigenvalue weighted by atomic mass is 16.5. The zero-order valence-electron chi connectivity index (χ0n) is 8.06. The summed E-state index contributed by atoms with van der Waals surface area (Å²) in [4.78, 5) is 11.3. The predicted octanol–water partition coefficient (Wildman–Crippen LogP) is -0.952. The smallest absolute Gasteiger partial charge is 0.341 e. The molecule has 0 radical (unpaired) electrons. The van der Waals surface area contributed by atoms with E-state index in [1.165, 1.54) is 31.5 Å². The Morgan fingerprint density at radius 1 is 1.57 bits per heavy atom. The zero-order valence-corrected chi connectivity index (χ0v) is 8.06. The molecule has 0 aromatic rings. The number of carbonyl (C=O) groups excluding carboxylic acids is 1. The predicted molar refractivity (Wildman–Crippen MR) is 49.2 cm³/mol. The maximum atomic E-state index is 11.3. The van der Waals surface area contributed by atoms with Crippen molar-refractivity contribution in [2.45, 2.75) is 6.17 Å². The van der Waals surface area contributed by atoms with E-state index in [0.717, 1.165) is 0 Å². The first-order valence-corrected chi connectivity index (χ1v) is 3.95. The maximum Gasteiger partial charge on any atom is 0.341 e. The van der Waals surface area contributed by atoms with Crippen LogP contribution in [0.4, 0.5) is 0 Å². The molecule has 1 atom stereocenters. The van der Waals surface area contributed by atoms with Gasteiger partial charge in [0.1, 0.15) is 11.7 Å². The van der Waals surface area contributed by atoms with Crippen LogP contribution >= 0.6 is 0 Å². The molecule has 14 heavy (non-hydrogen) atoms. The molecule has 0 bridgehead atoms. The van der Waals surface area contributed by atoms with Crippen molar-refractivity contribution < 1.29 is 14.3 Å². The van der Waals surface area contributed by atoms with Gasteiger partial charge in [-0.2, -0.15) is 0 Å². The highest BCUT2D eigenvalue weighted by Gasteiger charge is 2.23. The SMILES string of the molecule is COC(=O)C1=CC(N)N(N)C=C1OC. The second-order valence-electron chi connectivity index (χ2n) is 2.71. The summed E-state index contributed by atoms with van der Waals surface area (Å²) in [6.45, 7) is 0. The molecular formula is C8H13N3O3. The van der Waals surface area contributed by atoms with Gasteiger partial charge in [0, 0.05) is 0 Å². The van der Waals surface area contributed by atoms with Gasteiger partial charge < -0.3 is 15.2 Å². The molecule has 1 unspecified atom stereocenters. The van der Waals surface area contributed by atoms with Crippen molar-refractivity contribution >= 4 is 5.97 Å². The molecule has 78 valence electrons. The molecule has 1 rings (SSSR count). The summed E-state index contributed by atoms with van der Waals surface area (Å²) in [7, 11) is 2.73. The molecule has 0 saturated heterocycles. The number of ether oxygens (including phenoxy) is 2. The van der Waals surface area contributed by atoms with Crippen LogP contribution in [0.2, 0.25) is 0 Å². The van der Waals surface area contributed by atoms with Crippen LogP contribution in [0.3, 0.4) is 0 Å². The Kier molecular flexibility index (Phi) is 3.10. The molecule has 0 fully saturated rings. The van der Waals surface area contributed by atoms with Gasteiger partial charge >= 0.3 is 5.97 Å². The van der Waals surface area contributed by atoms with Crippen molar-refractivity contribution in [1.82, 2.24) is 5.01 Å². The number of nitrogens with zero attached hydrogens (tertiary/aromatic N) is 1. The summed E-state index contributed by atoms with van der Waals surface area (Å²) >= 11 is 0. The van der Waals surface area contributed by atoms with E-state index in [-0.39, 0.29) is 5.57 Å². The molecule has 6 nitrogen and oxygen atoms in total. The molecule has 6 heteroatoms. The van der Waals surface area contributed by atoms with Crippen LogP contribution in [0.25, 0.3) is 0 Å². The van der Waals surface area contributed by atoms with Gasteiger partial charge in [0.05, 0.1) is 20.4 Å². The number of hydrazine groups is 1. The molecule has 1 heterocycles. The molecule has 4 N–H and O–H groups in total. The summed E-state index contributed by atoms with van der Waals surface area (Å²) in [5.41, 5.74) is 5.88. The number of esters is 1. The Labute approximate surface area is 81.7 Å². The first-order chi connectivity index (χ1) is 6.60. The summed E-state index contributed by atoms with van der Waals surface area (Å²) < 4.78 is 9.52. The van der Waals surface area contributed by atoms with E-state index in [4.69, 9.17) is 16.3 Å². The van der Waals surface area contributed by atoms with Crippen LogP contribution in [0.15, 0.2) is 23.6 Å². The Hall–Kier alpha value is -1.53. The molecular weight excluding hydrogens is 186 g/mol.